The fraction of sp³-hybridized carbons (Fsp3) is 0.571. The van der Waals surface area contributed by atoms with Crippen molar-refractivity contribution in [2.24, 2.45) is 0 Å². The van der Waals surface area contributed by atoms with Gasteiger partial charge in [-0.1, -0.05) is 19.9 Å². The Morgan fingerprint density at radius 2 is 2.15 bits per heavy atom. The summed E-state index contributed by atoms with van der Waals surface area (Å²) in [7, 11) is -1.97. The van der Waals surface area contributed by atoms with Gasteiger partial charge in [-0.15, -0.1) is 6.58 Å². The lowest BCUT2D eigenvalue weighted by molar-refractivity contribution is 0.375. The van der Waals surface area contributed by atoms with Gasteiger partial charge in [-0.2, -0.15) is 4.31 Å². The Morgan fingerprint density at radius 3 is 2.75 bits per heavy atom. The first kappa shape index (κ1) is 16.9. The quantitative estimate of drug-likeness (QED) is 0.562. The largest absolute Gasteiger partial charge is 0.447 e. The second-order valence-corrected chi connectivity index (χ2v) is 6.99. The summed E-state index contributed by atoms with van der Waals surface area (Å²) in [4.78, 5) is 0. The fourth-order valence-electron chi connectivity index (χ4n) is 1.63. The minimum atomic E-state index is -3.53. The predicted molar refractivity (Wildman–Crippen MR) is 79.9 cm³/mol. The maximum atomic E-state index is 12.3. The zero-order valence-electron chi connectivity index (χ0n) is 12.4. The van der Waals surface area contributed by atoms with Crippen molar-refractivity contribution >= 4 is 10.0 Å². The third-order valence-electron chi connectivity index (χ3n) is 2.87. The minimum Gasteiger partial charge on any atom is -0.447 e. The number of allylic oxidation sites excluding steroid dienone is 1. The molecular formula is C14H24N2O3S. The smallest absolute Gasteiger partial charge is 0.276 e. The van der Waals surface area contributed by atoms with Crippen LogP contribution >= 0.6 is 0 Å². The van der Waals surface area contributed by atoms with E-state index in [2.05, 4.69) is 11.9 Å². The first-order chi connectivity index (χ1) is 9.37. The molecule has 0 aliphatic rings. The first-order valence-electron chi connectivity index (χ1n) is 6.77. The highest BCUT2D eigenvalue weighted by atomic mass is 32.2. The number of furan rings is 1. The summed E-state index contributed by atoms with van der Waals surface area (Å²) in [6.07, 6.45) is 3.33. The number of sulfonamides is 1. The van der Waals surface area contributed by atoms with Crippen LogP contribution < -0.4 is 5.32 Å². The minimum absolute atomic E-state index is 0.000779. The molecule has 1 rings (SSSR count). The van der Waals surface area contributed by atoms with Gasteiger partial charge < -0.3 is 9.73 Å². The lowest BCUT2D eigenvalue weighted by Crippen LogP contribution is -2.27. The summed E-state index contributed by atoms with van der Waals surface area (Å²) in [5.74, 6) is 0.622. The molecule has 0 unspecified atom stereocenters. The molecule has 1 aromatic rings. The Bertz CT molecular complexity index is 520. The summed E-state index contributed by atoms with van der Waals surface area (Å²) in [6.45, 7) is 8.64. The van der Waals surface area contributed by atoms with Gasteiger partial charge in [0.1, 0.15) is 5.76 Å². The van der Waals surface area contributed by atoms with Gasteiger partial charge in [0, 0.05) is 19.6 Å². The van der Waals surface area contributed by atoms with Crippen LogP contribution in [0.25, 0.3) is 0 Å². The van der Waals surface area contributed by atoms with Crippen LogP contribution in [0, 0.1) is 0 Å². The monoisotopic (exact) mass is 300 g/mol. The second kappa shape index (κ2) is 7.61. The molecule has 0 saturated carbocycles. The van der Waals surface area contributed by atoms with Crippen molar-refractivity contribution in [1.29, 1.82) is 0 Å². The van der Waals surface area contributed by atoms with Gasteiger partial charge >= 0.3 is 0 Å². The van der Waals surface area contributed by atoms with Crippen LogP contribution in [0.3, 0.4) is 0 Å². The van der Waals surface area contributed by atoms with Crippen molar-refractivity contribution in [3.8, 4) is 0 Å². The van der Waals surface area contributed by atoms with Crippen LogP contribution in [0.15, 0.2) is 34.3 Å². The molecule has 114 valence electrons. The maximum absolute atomic E-state index is 12.3. The van der Waals surface area contributed by atoms with E-state index in [0.29, 0.717) is 24.9 Å². The molecule has 0 aliphatic carbocycles. The van der Waals surface area contributed by atoms with E-state index in [1.54, 1.807) is 19.2 Å². The lowest BCUT2D eigenvalue weighted by atomic mass is 10.3. The highest BCUT2D eigenvalue weighted by Crippen LogP contribution is 2.18. The molecule has 0 saturated heterocycles. The van der Waals surface area contributed by atoms with Crippen molar-refractivity contribution in [3.05, 3.63) is 30.5 Å². The van der Waals surface area contributed by atoms with Gasteiger partial charge in [-0.25, -0.2) is 8.42 Å². The van der Waals surface area contributed by atoms with E-state index in [9.17, 15) is 8.42 Å². The molecule has 5 nitrogen and oxygen atoms in total. The highest BCUT2D eigenvalue weighted by Gasteiger charge is 2.24. The summed E-state index contributed by atoms with van der Waals surface area (Å²) >= 11 is 0. The summed E-state index contributed by atoms with van der Waals surface area (Å²) in [6, 6.07) is 3.53. The van der Waals surface area contributed by atoms with Crippen molar-refractivity contribution in [3.63, 3.8) is 0 Å². The molecule has 0 spiro atoms. The Morgan fingerprint density at radius 1 is 1.45 bits per heavy atom. The molecule has 0 bridgehead atoms. The molecule has 1 heterocycles. The highest BCUT2D eigenvalue weighted by molar-refractivity contribution is 7.89. The number of nitrogens with zero attached hydrogens (tertiary/aromatic N) is 1. The van der Waals surface area contributed by atoms with E-state index in [-0.39, 0.29) is 5.09 Å². The fourth-order valence-corrected chi connectivity index (χ4v) is 2.76. The Labute approximate surface area is 121 Å². The summed E-state index contributed by atoms with van der Waals surface area (Å²) in [5.41, 5.74) is 0. The van der Waals surface area contributed by atoms with Crippen LogP contribution in [0.1, 0.15) is 32.4 Å². The number of rotatable bonds is 9. The van der Waals surface area contributed by atoms with Gasteiger partial charge in [0.2, 0.25) is 5.09 Å². The van der Waals surface area contributed by atoms with E-state index in [1.807, 2.05) is 13.8 Å². The topological polar surface area (TPSA) is 62.6 Å². The average Bonchev–Trinajstić information content (AvgIpc) is 2.86. The van der Waals surface area contributed by atoms with E-state index >= 15 is 0 Å². The molecule has 1 aromatic heterocycles. The van der Waals surface area contributed by atoms with Crippen LogP contribution in [0.5, 0.6) is 0 Å². The maximum Gasteiger partial charge on any atom is 0.276 e. The average molecular weight is 300 g/mol. The van der Waals surface area contributed by atoms with E-state index in [1.165, 1.54) is 10.4 Å². The van der Waals surface area contributed by atoms with E-state index < -0.39 is 10.0 Å². The standard InChI is InChI=1S/C14H24N2O3S/c1-5-6-7-10-16(4)20(17,18)14-9-8-13(19-14)11-15-12(2)3/h5,8-9,12,15H,1,6-7,10-11H2,2-4H3. The van der Waals surface area contributed by atoms with Crippen LogP contribution in [0.4, 0.5) is 0 Å². The van der Waals surface area contributed by atoms with E-state index in [0.717, 1.165) is 12.8 Å². The van der Waals surface area contributed by atoms with Gasteiger partial charge in [0.05, 0.1) is 6.54 Å². The molecule has 0 aliphatic heterocycles. The predicted octanol–water partition coefficient (Wildman–Crippen LogP) is 2.36. The number of hydrogen-bond donors (Lipinski definition) is 1. The molecule has 1 N–H and O–H groups in total. The number of hydrogen-bond acceptors (Lipinski definition) is 4. The van der Waals surface area contributed by atoms with E-state index in [4.69, 9.17) is 4.42 Å². The first-order valence-corrected chi connectivity index (χ1v) is 8.21. The van der Waals surface area contributed by atoms with Crippen LogP contribution in [-0.2, 0) is 16.6 Å². The Hall–Kier alpha value is -1.11. The zero-order chi connectivity index (χ0) is 15.2. The third kappa shape index (κ3) is 4.77. The van der Waals surface area contributed by atoms with Crippen LogP contribution in [0.2, 0.25) is 0 Å². The second-order valence-electron chi connectivity index (χ2n) is 5.01. The van der Waals surface area contributed by atoms with Crippen molar-refractivity contribution in [2.75, 3.05) is 13.6 Å². The third-order valence-corrected chi connectivity index (χ3v) is 4.60. The summed E-state index contributed by atoms with van der Waals surface area (Å²) in [5, 5.41) is 3.18. The van der Waals surface area contributed by atoms with Gasteiger partial charge in [0.25, 0.3) is 10.0 Å². The molecule has 20 heavy (non-hydrogen) atoms. The molecule has 0 fully saturated rings. The normalized spacial score (nSPS) is 12.2. The molecule has 0 amide bonds. The van der Waals surface area contributed by atoms with Gasteiger partial charge in [-0.05, 0) is 25.0 Å². The molecule has 0 aromatic carbocycles. The molecule has 6 heteroatoms. The Balaban J connectivity index is 2.69. The number of unbranched alkanes of at least 4 members (excludes halogenated alkanes) is 1. The molecular weight excluding hydrogens is 276 g/mol. The molecule has 0 atom stereocenters. The summed E-state index contributed by atoms with van der Waals surface area (Å²) < 4.78 is 31.3. The van der Waals surface area contributed by atoms with Crippen molar-refractivity contribution in [2.45, 2.75) is 44.4 Å². The van der Waals surface area contributed by atoms with Crippen molar-refractivity contribution in [1.82, 2.24) is 9.62 Å². The molecule has 0 radical (unpaired) electrons. The van der Waals surface area contributed by atoms with Gasteiger partial charge in [0.15, 0.2) is 0 Å². The SMILES string of the molecule is C=CCCCN(C)S(=O)(=O)c1ccc(CNC(C)C)o1. The Kier molecular flexibility index (Phi) is 6.45. The zero-order valence-corrected chi connectivity index (χ0v) is 13.2. The van der Waals surface area contributed by atoms with Gasteiger partial charge in [-0.3, -0.25) is 0 Å². The lowest BCUT2D eigenvalue weighted by Gasteiger charge is -2.14. The van der Waals surface area contributed by atoms with Crippen LogP contribution in [-0.4, -0.2) is 32.4 Å². The van der Waals surface area contributed by atoms with Crippen molar-refractivity contribution < 1.29 is 12.8 Å². The number of nitrogens with one attached hydrogen (secondary N) is 1.